The summed E-state index contributed by atoms with van der Waals surface area (Å²) in [7, 11) is 5.59. The maximum absolute atomic E-state index is 13.0. The molecule has 0 spiro atoms. The van der Waals surface area contributed by atoms with Crippen molar-refractivity contribution in [1.29, 1.82) is 0 Å². The summed E-state index contributed by atoms with van der Waals surface area (Å²) in [6.07, 6.45) is 0.369. The average molecular weight is 639 g/mol. The highest BCUT2D eigenvalue weighted by Crippen LogP contribution is 2.43. The van der Waals surface area contributed by atoms with Crippen LogP contribution in [0, 0.1) is 0 Å². The highest BCUT2D eigenvalue weighted by molar-refractivity contribution is 5.95. The summed E-state index contributed by atoms with van der Waals surface area (Å²) in [5.41, 5.74) is 1.13. The number of ether oxygens (including phenoxy) is 8. The molecule has 12 heteroatoms. The largest absolute Gasteiger partial charge is 0.423 e. The van der Waals surface area contributed by atoms with Crippen LogP contribution in [0.4, 0.5) is 0 Å². The first kappa shape index (κ1) is 37.3. The van der Waals surface area contributed by atoms with Crippen molar-refractivity contribution in [3.8, 4) is 34.1 Å². The summed E-state index contributed by atoms with van der Waals surface area (Å²) >= 11 is 0. The number of esters is 4. The average Bonchev–Trinajstić information content (AvgIpc) is 3.01. The van der Waals surface area contributed by atoms with Crippen molar-refractivity contribution < 1.29 is 57.1 Å². The molecule has 0 N–H and O–H groups in total. The van der Waals surface area contributed by atoms with E-state index in [2.05, 4.69) is 26.3 Å². The Bertz CT molecular complexity index is 1520. The minimum absolute atomic E-state index is 0.000341. The third kappa shape index (κ3) is 10.3. The SMILES string of the molecule is C=C(COC)C(=O)Oc1ccc(-c2cc(CC)c(OC(=O)C(=C)COC)cc2OC(=O)C(=C)COC)c(OC(=O)C(=C)COC)c1. The van der Waals surface area contributed by atoms with E-state index in [0.717, 1.165) is 0 Å². The van der Waals surface area contributed by atoms with E-state index in [-0.39, 0.29) is 82.8 Å². The van der Waals surface area contributed by atoms with Gasteiger partial charge in [0, 0.05) is 51.7 Å². The van der Waals surface area contributed by atoms with Gasteiger partial charge in [-0.1, -0.05) is 33.2 Å². The molecule has 0 saturated heterocycles. The number of hydrogen-bond acceptors (Lipinski definition) is 12. The topological polar surface area (TPSA) is 142 Å². The normalized spacial score (nSPS) is 10.5. The molecule has 0 aliphatic rings. The van der Waals surface area contributed by atoms with Crippen LogP contribution in [0.3, 0.4) is 0 Å². The van der Waals surface area contributed by atoms with E-state index in [1.165, 1.54) is 52.7 Å². The molecule has 0 unspecified atom stereocenters. The Kier molecular flexibility index (Phi) is 14.7. The van der Waals surface area contributed by atoms with Gasteiger partial charge in [0.15, 0.2) is 0 Å². The van der Waals surface area contributed by atoms with Gasteiger partial charge in [0.05, 0.1) is 48.7 Å². The molecule has 0 saturated carbocycles. The van der Waals surface area contributed by atoms with E-state index in [1.807, 2.05) is 6.92 Å². The summed E-state index contributed by atoms with van der Waals surface area (Å²) < 4.78 is 42.3. The molecule has 246 valence electrons. The Labute approximate surface area is 267 Å². The van der Waals surface area contributed by atoms with Crippen molar-refractivity contribution in [3.63, 3.8) is 0 Å². The van der Waals surface area contributed by atoms with E-state index in [4.69, 9.17) is 37.9 Å². The minimum atomic E-state index is -0.833. The molecule has 0 atom stereocenters. The lowest BCUT2D eigenvalue weighted by Gasteiger charge is -2.19. The van der Waals surface area contributed by atoms with Crippen LogP contribution in [0.15, 0.2) is 78.9 Å². The first-order valence-electron chi connectivity index (χ1n) is 13.8. The second kappa shape index (κ2) is 18.2. The summed E-state index contributed by atoms with van der Waals surface area (Å²) in [5, 5.41) is 0. The van der Waals surface area contributed by atoms with Crippen molar-refractivity contribution >= 4 is 23.9 Å². The third-order valence-corrected chi connectivity index (χ3v) is 6.03. The molecular formula is C34H38O12. The Hall–Kier alpha value is -4.88. The van der Waals surface area contributed by atoms with Gasteiger partial charge in [-0.2, -0.15) is 0 Å². The summed E-state index contributed by atoms with van der Waals surface area (Å²) in [4.78, 5) is 51.1. The Morgan fingerprint density at radius 1 is 0.522 bits per heavy atom. The smallest absolute Gasteiger partial charge is 0.341 e. The molecule has 0 aliphatic heterocycles. The monoisotopic (exact) mass is 638 g/mol. The highest BCUT2D eigenvalue weighted by atomic mass is 16.6. The van der Waals surface area contributed by atoms with Gasteiger partial charge in [-0.25, -0.2) is 19.2 Å². The summed E-state index contributed by atoms with van der Waals surface area (Å²) in [6, 6.07) is 7.19. The fourth-order valence-electron chi connectivity index (χ4n) is 3.77. The number of aryl methyl sites for hydroxylation is 1. The predicted molar refractivity (Wildman–Crippen MR) is 168 cm³/mol. The molecule has 0 fully saturated rings. The molecule has 0 aromatic heterocycles. The van der Waals surface area contributed by atoms with Gasteiger partial charge >= 0.3 is 23.9 Å². The Balaban J connectivity index is 2.78. The van der Waals surface area contributed by atoms with Crippen LogP contribution in [0.5, 0.6) is 23.0 Å². The van der Waals surface area contributed by atoms with Crippen molar-refractivity contribution in [2.45, 2.75) is 13.3 Å². The van der Waals surface area contributed by atoms with E-state index in [9.17, 15) is 19.2 Å². The molecular weight excluding hydrogens is 600 g/mol. The summed E-state index contributed by atoms with van der Waals surface area (Å²) in [6.45, 7) is 16.1. The van der Waals surface area contributed by atoms with Crippen LogP contribution in [0.1, 0.15) is 12.5 Å². The molecule has 0 bridgehead atoms. The molecule has 0 radical (unpaired) electrons. The standard InChI is InChI=1S/C34H38O12/c1-10-24-13-27(30(46-34(38)23(5)19-42-9)15-28(24)44-32(36)21(3)17-40-7)26-12-11-25(43-31(35)20(2)16-39-6)14-29(26)45-33(37)22(4)18-41-8/h11-15H,2-5,10,16-19H2,1,6-9H3. The fraction of sp³-hybridized carbons (Fsp3) is 0.294. The molecule has 2 aromatic rings. The van der Waals surface area contributed by atoms with Crippen LogP contribution >= 0.6 is 0 Å². The number of methoxy groups -OCH3 is 4. The lowest BCUT2D eigenvalue weighted by molar-refractivity contribution is -0.132. The quantitative estimate of drug-likeness (QED) is 0.130. The number of rotatable bonds is 18. The van der Waals surface area contributed by atoms with Crippen molar-refractivity contribution in [3.05, 3.63) is 84.5 Å². The maximum atomic E-state index is 13.0. The second-order valence-electron chi connectivity index (χ2n) is 9.67. The molecule has 0 heterocycles. The maximum Gasteiger partial charge on any atom is 0.341 e. The lowest BCUT2D eigenvalue weighted by Crippen LogP contribution is -2.17. The van der Waals surface area contributed by atoms with Crippen molar-refractivity contribution in [1.82, 2.24) is 0 Å². The molecule has 2 rings (SSSR count). The number of carbonyl (C=O) groups is 4. The van der Waals surface area contributed by atoms with Gasteiger partial charge in [0.2, 0.25) is 0 Å². The van der Waals surface area contributed by atoms with Gasteiger partial charge in [-0.15, -0.1) is 0 Å². The highest BCUT2D eigenvalue weighted by Gasteiger charge is 2.24. The van der Waals surface area contributed by atoms with E-state index in [1.54, 1.807) is 6.07 Å². The predicted octanol–water partition coefficient (Wildman–Crippen LogP) is 4.35. The number of carbonyl (C=O) groups excluding carboxylic acids is 4. The zero-order valence-electron chi connectivity index (χ0n) is 26.6. The number of benzene rings is 2. The first-order chi connectivity index (χ1) is 21.9. The Morgan fingerprint density at radius 3 is 1.33 bits per heavy atom. The molecule has 0 amide bonds. The van der Waals surface area contributed by atoms with Crippen LogP contribution < -0.4 is 18.9 Å². The van der Waals surface area contributed by atoms with Gasteiger partial charge < -0.3 is 37.9 Å². The number of hydrogen-bond donors (Lipinski definition) is 0. The van der Waals surface area contributed by atoms with E-state index in [0.29, 0.717) is 12.0 Å². The van der Waals surface area contributed by atoms with Gasteiger partial charge in [-0.05, 0) is 30.2 Å². The minimum Gasteiger partial charge on any atom is -0.423 e. The molecule has 46 heavy (non-hydrogen) atoms. The van der Waals surface area contributed by atoms with Gasteiger partial charge in [-0.3, -0.25) is 0 Å². The van der Waals surface area contributed by atoms with E-state index < -0.39 is 23.9 Å². The van der Waals surface area contributed by atoms with Crippen LogP contribution in [-0.4, -0.2) is 78.7 Å². The van der Waals surface area contributed by atoms with Gasteiger partial charge in [0.1, 0.15) is 23.0 Å². The second-order valence-corrected chi connectivity index (χ2v) is 9.67. The fourth-order valence-corrected chi connectivity index (χ4v) is 3.77. The molecule has 0 aliphatic carbocycles. The summed E-state index contributed by atoms with van der Waals surface area (Å²) in [5.74, 6) is -3.25. The zero-order chi connectivity index (χ0) is 34.4. The van der Waals surface area contributed by atoms with Crippen molar-refractivity contribution in [2.24, 2.45) is 0 Å². The lowest BCUT2D eigenvalue weighted by atomic mass is 9.98. The van der Waals surface area contributed by atoms with Crippen LogP contribution in [-0.2, 0) is 44.5 Å². The van der Waals surface area contributed by atoms with Gasteiger partial charge in [0.25, 0.3) is 0 Å². The van der Waals surface area contributed by atoms with E-state index >= 15 is 0 Å². The zero-order valence-corrected chi connectivity index (χ0v) is 26.6. The first-order valence-corrected chi connectivity index (χ1v) is 13.8. The molecule has 12 nitrogen and oxygen atoms in total. The third-order valence-electron chi connectivity index (χ3n) is 6.03. The molecule has 2 aromatic carbocycles. The van der Waals surface area contributed by atoms with Crippen molar-refractivity contribution in [2.75, 3.05) is 54.9 Å². The Morgan fingerprint density at radius 2 is 0.913 bits per heavy atom. The van der Waals surface area contributed by atoms with Crippen LogP contribution in [0.2, 0.25) is 0 Å². The van der Waals surface area contributed by atoms with Crippen LogP contribution in [0.25, 0.3) is 11.1 Å².